The standard InChI is InChI=1S/C14H12ClN/c1-11-7-5-6-10-13(11)16-14(15)12-8-3-2-4-9-12/h2-10H,1H3/b16-14-. The molecular formula is C14H12ClN. The molecule has 0 saturated heterocycles. The lowest BCUT2D eigenvalue weighted by molar-refractivity contribution is 1.40. The topological polar surface area (TPSA) is 12.4 Å². The highest BCUT2D eigenvalue weighted by atomic mass is 35.5. The maximum atomic E-state index is 6.16. The molecule has 0 aliphatic heterocycles. The largest absolute Gasteiger partial charge is 0.236 e. The van der Waals surface area contributed by atoms with Crippen LogP contribution in [0.1, 0.15) is 11.1 Å². The fourth-order valence-corrected chi connectivity index (χ4v) is 1.65. The third-order valence-corrected chi connectivity index (χ3v) is 2.65. The van der Waals surface area contributed by atoms with Gasteiger partial charge in [0.1, 0.15) is 5.17 Å². The molecule has 0 atom stereocenters. The molecule has 0 heterocycles. The van der Waals surface area contributed by atoms with Crippen molar-refractivity contribution in [1.29, 1.82) is 0 Å². The molecule has 0 fully saturated rings. The van der Waals surface area contributed by atoms with Gasteiger partial charge in [0.25, 0.3) is 0 Å². The van der Waals surface area contributed by atoms with E-state index in [9.17, 15) is 0 Å². The van der Waals surface area contributed by atoms with Crippen molar-refractivity contribution in [2.24, 2.45) is 4.99 Å². The fourth-order valence-electron chi connectivity index (χ4n) is 1.43. The minimum Gasteiger partial charge on any atom is -0.236 e. The number of rotatable bonds is 2. The van der Waals surface area contributed by atoms with E-state index < -0.39 is 0 Å². The quantitative estimate of drug-likeness (QED) is 0.681. The summed E-state index contributed by atoms with van der Waals surface area (Å²) in [6, 6.07) is 17.7. The van der Waals surface area contributed by atoms with Crippen molar-refractivity contribution in [3.8, 4) is 0 Å². The number of hydrogen-bond donors (Lipinski definition) is 0. The summed E-state index contributed by atoms with van der Waals surface area (Å²) in [7, 11) is 0. The van der Waals surface area contributed by atoms with Gasteiger partial charge in [-0.25, -0.2) is 4.99 Å². The molecule has 0 spiro atoms. The molecule has 0 N–H and O–H groups in total. The van der Waals surface area contributed by atoms with Crippen molar-refractivity contribution in [3.05, 3.63) is 65.7 Å². The zero-order valence-electron chi connectivity index (χ0n) is 9.02. The van der Waals surface area contributed by atoms with E-state index in [4.69, 9.17) is 11.6 Å². The van der Waals surface area contributed by atoms with E-state index in [-0.39, 0.29) is 0 Å². The first-order valence-electron chi connectivity index (χ1n) is 5.12. The van der Waals surface area contributed by atoms with Crippen molar-refractivity contribution >= 4 is 22.5 Å². The Kier molecular flexibility index (Phi) is 3.37. The summed E-state index contributed by atoms with van der Waals surface area (Å²) >= 11 is 6.16. The molecule has 0 radical (unpaired) electrons. The van der Waals surface area contributed by atoms with Crippen molar-refractivity contribution in [1.82, 2.24) is 0 Å². The molecule has 1 nitrogen and oxygen atoms in total. The molecule has 2 aromatic carbocycles. The predicted molar refractivity (Wildman–Crippen MR) is 69.7 cm³/mol. The van der Waals surface area contributed by atoms with Crippen LogP contribution in [0.5, 0.6) is 0 Å². The van der Waals surface area contributed by atoms with Gasteiger partial charge >= 0.3 is 0 Å². The molecular weight excluding hydrogens is 218 g/mol. The number of nitrogens with zero attached hydrogens (tertiary/aromatic N) is 1. The Labute approximate surface area is 100 Å². The van der Waals surface area contributed by atoms with Gasteiger partial charge in [-0.05, 0) is 18.6 Å². The Hall–Kier alpha value is -1.60. The van der Waals surface area contributed by atoms with Gasteiger partial charge in [0.05, 0.1) is 5.69 Å². The zero-order chi connectivity index (χ0) is 11.4. The first-order valence-corrected chi connectivity index (χ1v) is 5.50. The third kappa shape index (κ3) is 2.50. The molecule has 0 aromatic heterocycles. The second kappa shape index (κ2) is 4.95. The molecule has 0 unspecified atom stereocenters. The lowest BCUT2D eigenvalue weighted by Crippen LogP contribution is -1.89. The van der Waals surface area contributed by atoms with E-state index in [0.29, 0.717) is 5.17 Å². The number of hydrogen-bond acceptors (Lipinski definition) is 1. The van der Waals surface area contributed by atoms with Gasteiger partial charge in [-0.3, -0.25) is 0 Å². The molecule has 80 valence electrons. The summed E-state index contributed by atoms with van der Waals surface area (Å²) in [5.41, 5.74) is 2.97. The van der Waals surface area contributed by atoms with Crippen LogP contribution >= 0.6 is 11.6 Å². The van der Waals surface area contributed by atoms with E-state index in [0.717, 1.165) is 16.8 Å². The number of aryl methyl sites for hydroxylation is 1. The van der Waals surface area contributed by atoms with Crippen LogP contribution < -0.4 is 0 Å². The lowest BCUT2D eigenvalue weighted by Gasteiger charge is -2.01. The first-order chi connectivity index (χ1) is 7.77. The normalized spacial score (nSPS) is 11.5. The van der Waals surface area contributed by atoms with Gasteiger partial charge in [-0.1, -0.05) is 60.1 Å². The zero-order valence-corrected chi connectivity index (χ0v) is 9.78. The second-order valence-corrected chi connectivity index (χ2v) is 3.91. The van der Waals surface area contributed by atoms with Crippen LogP contribution in [-0.2, 0) is 0 Å². The second-order valence-electron chi connectivity index (χ2n) is 3.56. The SMILES string of the molecule is Cc1ccccc1/N=C(\Cl)c1ccccc1. The van der Waals surface area contributed by atoms with Crippen LogP contribution in [0.15, 0.2) is 59.6 Å². The molecule has 2 heteroatoms. The monoisotopic (exact) mass is 229 g/mol. The third-order valence-electron chi connectivity index (χ3n) is 2.35. The van der Waals surface area contributed by atoms with Crippen LogP contribution in [0.4, 0.5) is 5.69 Å². The van der Waals surface area contributed by atoms with Gasteiger partial charge in [0.15, 0.2) is 0 Å². The van der Waals surface area contributed by atoms with Crippen LogP contribution in [0.25, 0.3) is 0 Å². The molecule has 2 rings (SSSR count). The van der Waals surface area contributed by atoms with Crippen LogP contribution in [0, 0.1) is 6.92 Å². The summed E-state index contributed by atoms with van der Waals surface area (Å²) in [5.74, 6) is 0. The van der Waals surface area contributed by atoms with Crippen LogP contribution in [0.2, 0.25) is 0 Å². The summed E-state index contributed by atoms with van der Waals surface area (Å²) in [4.78, 5) is 4.41. The smallest absolute Gasteiger partial charge is 0.136 e. The minimum absolute atomic E-state index is 0.523. The number of halogens is 1. The highest BCUT2D eigenvalue weighted by molar-refractivity contribution is 6.69. The first kappa shape index (κ1) is 10.9. The fraction of sp³-hybridized carbons (Fsp3) is 0.0714. The van der Waals surface area contributed by atoms with Crippen molar-refractivity contribution in [3.63, 3.8) is 0 Å². The lowest BCUT2D eigenvalue weighted by atomic mass is 10.2. The average molecular weight is 230 g/mol. The Morgan fingerprint density at radius 3 is 2.25 bits per heavy atom. The Morgan fingerprint density at radius 1 is 0.938 bits per heavy atom. The summed E-state index contributed by atoms with van der Waals surface area (Å²) in [6.07, 6.45) is 0. The van der Waals surface area contributed by atoms with E-state index in [1.54, 1.807) is 0 Å². The Balaban J connectivity index is 2.36. The van der Waals surface area contributed by atoms with Crippen LogP contribution in [0.3, 0.4) is 0 Å². The van der Waals surface area contributed by atoms with Gasteiger partial charge in [-0.2, -0.15) is 0 Å². The highest BCUT2D eigenvalue weighted by Crippen LogP contribution is 2.19. The average Bonchev–Trinajstić information content (AvgIpc) is 2.33. The number of aliphatic imine (C=N–C) groups is 1. The maximum absolute atomic E-state index is 6.16. The maximum Gasteiger partial charge on any atom is 0.136 e. The van der Waals surface area contributed by atoms with Gasteiger partial charge < -0.3 is 0 Å². The van der Waals surface area contributed by atoms with Crippen molar-refractivity contribution < 1.29 is 0 Å². The van der Waals surface area contributed by atoms with Crippen molar-refractivity contribution in [2.45, 2.75) is 6.92 Å². The minimum atomic E-state index is 0.523. The Morgan fingerprint density at radius 2 is 1.56 bits per heavy atom. The van der Waals surface area contributed by atoms with Gasteiger partial charge in [0, 0.05) is 5.56 Å². The summed E-state index contributed by atoms with van der Waals surface area (Å²) < 4.78 is 0. The molecule has 0 bridgehead atoms. The molecule has 0 aliphatic rings. The summed E-state index contributed by atoms with van der Waals surface area (Å²) in [6.45, 7) is 2.02. The van der Waals surface area contributed by atoms with E-state index >= 15 is 0 Å². The molecule has 2 aromatic rings. The molecule has 0 aliphatic carbocycles. The number of para-hydroxylation sites is 1. The molecule has 0 amide bonds. The van der Waals surface area contributed by atoms with Crippen LogP contribution in [-0.4, -0.2) is 5.17 Å². The Bertz CT molecular complexity index is 503. The number of benzene rings is 2. The molecule has 16 heavy (non-hydrogen) atoms. The highest BCUT2D eigenvalue weighted by Gasteiger charge is 2.00. The van der Waals surface area contributed by atoms with E-state index in [1.807, 2.05) is 61.5 Å². The summed E-state index contributed by atoms with van der Waals surface area (Å²) in [5, 5.41) is 0.523. The van der Waals surface area contributed by atoms with E-state index in [2.05, 4.69) is 4.99 Å². The molecule has 0 saturated carbocycles. The predicted octanol–water partition coefficient (Wildman–Crippen LogP) is 4.31. The van der Waals surface area contributed by atoms with E-state index in [1.165, 1.54) is 0 Å². The van der Waals surface area contributed by atoms with Crippen molar-refractivity contribution in [2.75, 3.05) is 0 Å². The van der Waals surface area contributed by atoms with Gasteiger partial charge in [-0.15, -0.1) is 0 Å². The van der Waals surface area contributed by atoms with Gasteiger partial charge in [0.2, 0.25) is 0 Å².